The van der Waals surface area contributed by atoms with Gasteiger partial charge in [0.1, 0.15) is 6.61 Å². The summed E-state index contributed by atoms with van der Waals surface area (Å²) in [6, 6.07) is 5.07. The summed E-state index contributed by atoms with van der Waals surface area (Å²) in [5.41, 5.74) is 1.77. The summed E-state index contributed by atoms with van der Waals surface area (Å²) in [4.78, 5) is 0.303. The van der Waals surface area contributed by atoms with Gasteiger partial charge < -0.3 is 14.6 Å². The number of fused-ring (bicyclic) bond motifs is 1. The number of aryl methyl sites for hydroxylation is 1. The summed E-state index contributed by atoms with van der Waals surface area (Å²) < 4.78 is 30.7. The lowest BCUT2D eigenvalue weighted by Gasteiger charge is -2.16. The molecule has 0 saturated heterocycles. The molecule has 8 heteroatoms. The van der Waals surface area contributed by atoms with Gasteiger partial charge in [0.05, 0.1) is 18.0 Å². The molecule has 3 rings (SSSR count). The van der Waals surface area contributed by atoms with Gasteiger partial charge in [0.25, 0.3) is 0 Å². The summed E-state index contributed by atoms with van der Waals surface area (Å²) in [6.45, 7) is 4.29. The van der Waals surface area contributed by atoms with Crippen molar-refractivity contribution in [2.75, 3.05) is 18.2 Å². The summed E-state index contributed by atoms with van der Waals surface area (Å²) in [5.74, 6) is 1.65. The van der Waals surface area contributed by atoms with Crippen molar-refractivity contribution in [1.29, 1.82) is 0 Å². The molecule has 22 heavy (non-hydrogen) atoms. The van der Waals surface area contributed by atoms with Gasteiger partial charge >= 0.3 is 0 Å². The summed E-state index contributed by atoms with van der Waals surface area (Å²) in [7, 11) is -3.22. The van der Waals surface area contributed by atoms with E-state index < -0.39 is 9.84 Å². The highest BCUT2D eigenvalue weighted by Crippen LogP contribution is 2.21. The average Bonchev–Trinajstić information content (AvgIpc) is 2.88. The Hall–Kier alpha value is -1.93. The predicted octanol–water partition coefficient (Wildman–Crippen LogP) is 1.13. The molecule has 2 heterocycles. The monoisotopic (exact) mass is 322 g/mol. The van der Waals surface area contributed by atoms with Gasteiger partial charge in [0.2, 0.25) is 0 Å². The van der Waals surface area contributed by atoms with Crippen LogP contribution in [-0.2, 0) is 34.3 Å². The van der Waals surface area contributed by atoms with Gasteiger partial charge in [0.15, 0.2) is 21.5 Å². The number of ether oxygens (including phenoxy) is 1. The van der Waals surface area contributed by atoms with Gasteiger partial charge in [-0.05, 0) is 24.6 Å². The smallest absolute Gasteiger partial charge is 0.175 e. The minimum absolute atomic E-state index is 0.303. The Bertz CT molecular complexity index is 798. The number of aromatic nitrogens is 3. The van der Waals surface area contributed by atoms with Crippen LogP contribution in [0.25, 0.3) is 0 Å². The third-order valence-electron chi connectivity index (χ3n) is 3.67. The molecule has 0 amide bonds. The molecule has 1 aromatic heterocycles. The van der Waals surface area contributed by atoms with Crippen molar-refractivity contribution in [3.8, 4) is 0 Å². The quantitative estimate of drug-likeness (QED) is 0.908. The van der Waals surface area contributed by atoms with Crippen molar-refractivity contribution < 1.29 is 13.2 Å². The van der Waals surface area contributed by atoms with Crippen molar-refractivity contribution in [2.24, 2.45) is 0 Å². The first-order valence-electron chi connectivity index (χ1n) is 6.98. The molecule has 2 aromatic rings. The van der Waals surface area contributed by atoms with E-state index in [0.717, 1.165) is 29.4 Å². The van der Waals surface area contributed by atoms with Gasteiger partial charge in [-0.2, -0.15) is 0 Å². The first-order valence-corrected chi connectivity index (χ1v) is 8.87. The van der Waals surface area contributed by atoms with E-state index in [2.05, 4.69) is 15.5 Å². The normalized spacial score (nSPS) is 14.6. The highest BCUT2D eigenvalue weighted by molar-refractivity contribution is 7.90. The van der Waals surface area contributed by atoms with E-state index in [-0.39, 0.29) is 0 Å². The predicted molar refractivity (Wildman–Crippen MR) is 81.3 cm³/mol. The number of hydrogen-bond donors (Lipinski definition) is 1. The number of anilines is 1. The fourth-order valence-corrected chi connectivity index (χ4v) is 3.03. The van der Waals surface area contributed by atoms with Crippen LogP contribution >= 0.6 is 0 Å². The highest BCUT2D eigenvalue weighted by atomic mass is 32.2. The molecule has 1 N–H and O–H groups in total. The molecule has 0 atom stereocenters. The molecule has 0 bridgehead atoms. The molecule has 1 aromatic carbocycles. The lowest BCUT2D eigenvalue weighted by Crippen LogP contribution is -2.20. The lowest BCUT2D eigenvalue weighted by molar-refractivity contribution is 0.0807. The molecule has 0 saturated carbocycles. The molecule has 0 unspecified atom stereocenters. The number of nitrogens with one attached hydrogen (secondary N) is 1. The van der Waals surface area contributed by atoms with Gasteiger partial charge in [-0.15, -0.1) is 10.2 Å². The molecule has 0 fully saturated rings. The van der Waals surface area contributed by atoms with Crippen molar-refractivity contribution in [2.45, 2.75) is 31.5 Å². The first-order chi connectivity index (χ1) is 10.4. The van der Waals surface area contributed by atoms with Crippen LogP contribution in [-0.4, -0.2) is 36.0 Å². The van der Waals surface area contributed by atoms with Crippen LogP contribution < -0.4 is 5.32 Å². The third kappa shape index (κ3) is 2.97. The molecular formula is C14H18N4O3S. The molecule has 1 aliphatic rings. The van der Waals surface area contributed by atoms with E-state index in [4.69, 9.17) is 4.74 Å². The van der Waals surface area contributed by atoms with E-state index in [1.807, 2.05) is 11.5 Å². The Morgan fingerprint density at radius 2 is 2.18 bits per heavy atom. The number of sulfone groups is 1. The van der Waals surface area contributed by atoms with Crippen LogP contribution in [0.3, 0.4) is 0 Å². The Kier molecular flexibility index (Phi) is 3.88. The number of rotatable bonds is 4. The third-order valence-corrected chi connectivity index (χ3v) is 4.78. The zero-order chi connectivity index (χ0) is 15.7. The standard InChI is InChI=1S/C14H18N4O3S/c1-10-3-4-11(22(2,19)20)7-12(10)15-8-13-16-17-14-9-21-6-5-18(13)14/h3-4,7,15H,5-6,8-9H2,1-2H3. The van der Waals surface area contributed by atoms with Crippen LogP contribution in [0.2, 0.25) is 0 Å². The Morgan fingerprint density at radius 3 is 2.95 bits per heavy atom. The molecule has 7 nitrogen and oxygen atoms in total. The number of nitrogens with zero attached hydrogens (tertiary/aromatic N) is 3. The average molecular weight is 322 g/mol. The first kappa shape index (κ1) is 15.0. The Morgan fingerprint density at radius 1 is 1.36 bits per heavy atom. The molecular weight excluding hydrogens is 304 g/mol. The molecule has 0 spiro atoms. The summed E-state index contributed by atoms with van der Waals surface area (Å²) >= 11 is 0. The van der Waals surface area contributed by atoms with Crippen LogP contribution in [0.1, 0.15) is 17.2 Å². The van der Waals surface area contributed by atoms with Gasteiger partial charge in [-0.3, -0.25) is 0 Å². The zero-order valence-electron chi connectivity index (χ0n) is 12.5. The fourth-order valence-electron chi connectivity index (χ4n) is 2.38. The van der Waals surface area contributed by atoms with E-state index >= 15 is 0 Å². The fraction of sp³-hybridized carbons (Fsp3) is 0.429. The lowest BCUT2D eigenvalue weighted by atomic mass is 10.2. The van der Waals surface area contributed by atoms with Gasteiger partial charge in [-0.25, -0.2) is 8.42 Å². The minimum Gasteiger partial charge on any atom is -0.377 e. The second-order valence-corrected chi connectivity index (χ2v) is 7.35. The SMILES string of the molecule is Cc1ccc(S(C)(=O)=O)cc1NCc1nnc2n1CCOC2. The van der Waals surface area contributed by atoms with Gasteiger partial charge in [0, 0.05) is 18.5 Å². The van der Waals surface area contributed by atoms with Crippen LogP contribution in [0.4, 0.5) is 5.69 Å². The maximum absolute atomic E-state index is 11.7. The van der Waals surface area contributed by atoms with Crippen molar-refractivity contribution in [3.63, 3.8) is 0 Å². The van der Waals surface area contributed by atoms with Crippen molar-refractivity contribution >= 4 is 15.5 Å². The second-order valence-electron chi connectivity index (χ2n) is 5.34. The second kappa shape index (κ2) is 5.69. The molecule has 118 valence electrons. The van der Waals surface area contributed by atoms with E-state index in [1.165, 1.54) is 6.26 Å². The number of hydrogen-bond acceptors (Lipinski definition) is 6. The van der Waals surface area contributed by atoms with Crippen LogP contribution in [0.5, 0.6) is 0 Å². The summed E-state index contributed by atoms with van der Waals surface area (Å²) in [5, 5.41) is 11.5. The maximum atomic E-state index is 11.7. The van der Waals surface area contributed by atoms with Gasteiger partial charge in [-0.1, -0.05) is 6.07 Å². The molecule has 0 radical (unpaired) electrons. The van der Waals surface area contributed by atoms with E-state index in [1.54, 1.807) is 18.2 Å². The van der Waals surface area contributed by atoms with Crippen LogP contribution in [0, 0.1) is 6.92 Å². The van der Waals surface area contributed by atoms with E-state index in [0.29, 0.717) is 24.7 Å². The zero-order valence-corrected chi connectivity index (χ0v) is 13.4. The molecule has 1 aliphatic heterocycles. The topological polar surface area (TPSA) is 86.1 Å². The van der Waals surface area contributed by atoms with E-state index in [9.17, 15) is 8.42 Å². The number of benzene rings is 1. The molecule has 0 aliphatic carbocycles. The summed E-state index contributed by atoms with van der Waals surface area (Å²) in [6.07, 6.45) is 1.20. The Balaban J connectivity index is 1.81. The maximum Gasteiger partial charge on any atom is 0.175 e. The minimum atomic E-state index is -3.22. The largest absolute Gasteiger partial charge is 0.377 e. The van der Waals surface area contributed by atoms with Crippen molar-refractivity contribution in [3.05, 3.63) is 35.4 Å². The Labute approximate surface area is 129 Å². The van der Waals surface area contributed by atoms with Crippen LogP contribution in [0.15, 0.2) is 23.1 Å². The van der Waals surface area contributed by atoms with Crippen molar-refractivity contribution in [1.82, 2.24) is 14.8 Å². The highest BCUT2D eigenvalue weighted by Gasteiger charge is 2.16.